The van der Waals surface area contributed by atoms with Crippen LogP contribution < -0.4 is 15.2 Å². The highest BCUT2D eigenvalue weighted by Gasteiger charge is 2.13. The van der Waals surface area contributed by atoms with Gasteiger partial charge in [0.1, 0.15) is 5.82 Å². The van der Waals surface area contributed by atoms with Crippen LogP contribution >= 0.6 is 0 Å². The van der Waals surface area contributed by atoms with Gasteiger partial charge in [0.2, 0.25) is 6.79 Å². The topological polar surface area (TPSA) is 73.2 Å². The van der Waals surface area contributed by atoms with E-state index in [0.29, 0.717) is 12.6 Å². The van der Waals surface area contributed by atoms with Gasteiger partial charge >= 0.3 is 0 Å². The van der Waals surface area contributed by atoms with Gasteiger partial charge in [-0.15, -0.1) is 0 Å². The van der Waals surface area contributed by atoms with Crippen molar-refractivity contribution in [2.24, 2.45) is 0 Å². The molecule has 1 aliphatic heterocycles. The van der Waals surface area contributed by atoms with Gasteiger partial charge in [0.25, 0.3) is 0 Å². The fourth-order valence-corrected chi connectivity index (χ4v) is 1.73. The number of anilines is 1. The van der Waals surface area contributed by atoms with Gasteiger partial charge in [-0.2, -0.15) is 5.10 Å². The van der Waals surface area contributed by atoms with E-state index >= 15 is 0 Å². The van der Waals surface area contributed by atoms with Crippen LogP contribution in [0.4, 0.5) is 5.82 Å². The van der Waals surface area contributed by atoms with Crippen LogP contribution in [0.5, 0.6) is 11.5 Å². The molecule has 5 nitrogen and oxygen atoms in total. The molecule has 0 spiro atoms. The summed E-state index contributed by atoms with van der Waals surface area (Å²) in [5.74, 6) is 2.20. The molecule has 0 fully saturated rings. The number of aromatic nitrogens is 2. The smallest absolute Gasteiger partial charge is 0.231 e. The van der Waals surface area contributed by atoms with E-state index < -0.39 is 0 Å². The number of aromatic amines is 1. The molecule has 0 saturated heterocycles. The van der Waals surface area contributed by atoms with Crippen molar-refractivity contribution in [2.45, 2.75) is 6.42 Å². The molecule has 82 valence electrons. The summed E-state index contributed by atoms with van der Waals surface area (Å²) in [6, 6.07) is 5.88. The van der Waals surface area contributed by atoms with Crippen molar-refractivity contribution in [1.29, 1.82) is 0 Å². The molecule has 5 heteroatoms. The van der Waals surface area contributed by atoms with Gasteiger partial charge in [-0.3, -0.25) is 5.10 Å². The number of fused-ring (bicyclic) bond motifs is 1. The lowest BCUT2D eigenvalue weighted by atomic mass is 10.1. The number of nitrogen functional groups attached to an aromatic ring is 1. The number of ether oxygens (including phenoxy) is 2. The van der Waals surface area contributed by atoms with Gasteiger partial charge in [-0.1, -0.05) is 6.07 Å². The van der Waals surface area contributed by atoms with Gasteiger partial charge in [0.15, 0.2) is 11.5 Å². The first-order chi connectivity index (χ1) is 7.83. The van der Waals surface area contributed by atoms with E-state index in [1.807, 2.05) is 18.2 Å². The van der Waals surface area contributed by atoms with Crippen molar-refractivity contribution >= 4 is 5.82 Å². The second-order valence-corrected chi connectivity index (χ2v) is 3.67. The summed E-state index contributed by atoms with van der Waals surface area (Å²) in [4.78, 5) is 0. The minimum absolute atomic E-state index is 0.298. The van der Waals surface area contributed by atoms with Crippen molar-refractivity contribution < 1.29 is 9.47 Å². The summed E-state index contributed by atoms with van der Waals surface area (Å²) in [5, 5.41) is 6.60. The normalized spacial score (nSPS) is 13.0. The molecule has 1 aliphatic rings. The zero-order valence-corrected chi connectivity index (χ0v) is 8.56. The van der Waals surface area contributed by atoms with Gasteiger partial charge in [0, 0.05) is 12.0 Å². The number of hydrogen-bond donors (Lipinski definition) is 2. The van der Waals surface area contributed by atoms with Gasteiger partial charge in [0.05, 0.1) is 6.20 Å². The Morgan fingerprint density at radius 1 is 1.31 bits per heavy atom. The highest BCUT2D eigenvalue weighted by molar-refractivity contribution is 5.47. The first kappa shape index (κ1) is 9.08. The van der Waals surface area contributed by atoms with E-state index in [4.69, 9.17) is 15.2 Å². The molecule has 2 heterocycles. The standard InChI is InChI=1S/C11H11N3O2/c12-11-8(5-13-14-11)3-7-1-2-9-10(4-7)16-6-15-9/h1-2,4-5H,3,6H2,(H3,12,13,14). The third kappa shape index (κ3) is 1.46. The number of nitrogens with one attached hydrogen (secondary N) is 1. The Balaban J connectivity index is 1.88. The van der Waals surface area contributed by atoms with Crippen molar-refractivity contribution in [3.05, 3.63) is 35.5 Å². The lowest BCUT2D eigenvalue weighted by Gasteiger charge is -2.02. The predicted octanol–water partition coefficient (Wildman–Crippen LogP) is 1.31. The number of nitrogens with two attached hydrogens (primary N) is 1. The van der Waals surface area contributed by atoms with Crippen molar-refractivity contribution in [1.82, 2.24) is 10.2 Å². The van der Waals surface area contributed by atoms with Crippen LogP contribution in [-0.4, -0.2) is 17.0 Å². The lowest BCUT2D eigenvalue weighted by Crippen LogP contribution is -1.93. The predicted molar refractivity (Wildman–Crippen MR) is 58.4 cm³/mol. The third-order valence-electron chi connectivity index (χ3n) is 2.58. The Bertz CT molecular complexity index is 522. The third-order valence-corrected chi connectivity index (χ3v) is 2.58. The summed E-state index contributed by atoms with van der Waals surface area (Å²) < 4.78 is 10.6. The van der Waals surface area contributed by atoms with Crippen LogP contribution in [0.3, 0.4) is 0 Å². The zero-order chi connectivity index (χ0) is 11.0. The molecule has 1 aromatic carbocycles. The molecule has 0 bridgehead atoms. The van der Waals surface area contributed by atoms with E-state index in [1.165, 1.54) is 0 Å². The summed E-state index contributed by atoms with van der Waals surface area (Å²) in [7, 11) is 0. The quantitative estimate of drug-likeness (QED) is 0.795. The van der Waals surface area contributed by atoms with Crippen LogP contribution in [0, 0.1) is 0 Å². The summed E-state index contributed by atoms with van der Waals surface area (Å²) >= 11 is 0. The molecule has 0 atom stereocenters. The van der Waals surface area contributed by atoms with E-state index in [2.05, 4.69) is 10.2 Å². The highest BCUT2D eigenvalue weighted by atomic mass is 16.7. The number of benzene rings is 1. The number of rotatable bonds is 2. The number of nitrogens with zero attached hydrogens (tertiary/aromatic N) is 1. The molecule has 3 N–H and O–H groups in total. The Hall–Kier alpha value is -2.17. The highest BCUT2D eigenvalue weighted by Crippen LogP contribution is 2.33. The summed E-state index contributed by atoms with van der Waals surface area (Å²) in [6.07, 6.45) is 2.47. The molecule has 0 saturated carbocycles. The van der Waals surface area contributed by atoms with Gasteiger partial charge in [-0.25, -0.2) is 0 Å². The molecule has 0 unspecified atom stereocenters. The lowest BCUT2D eigenvalue weighted by molar-refractivity contribution is 0.174. The van der Waals surface area contributed by atoms with Crippen LogP contribution in [-0.2, 0) is 6.42 Å². The molecule has 3 rings (SSSR count). The molecule has 0 radical (unpaired) electrons. The largest absolute Gasteiger partial charge is 0.454 e. The van der Waals surface area contributed by atoms with Crippen molar-refractivity contribution in [2.75, 3.05) is 12.5 Å². The first-order valence-electron chi connectivity index (χ1n) is 4.99. The van der Waals surface area contributed by atoms with Crippen LogP contribution in [0.25, 0.3) is 0 Å². The maximum Gasteiger partial charge on any atom is 0.231 e. The minimum Gasteiger partial charge on any atom is -0.454 e. The van der Waals surface area contributed by atoms with Crippen LogP contribution in [0.1, 0.15) is 11.1 Å². The van der Waals surface area contributed by atoms with Crippen molar-refractivity contribution in [3.63, 3.8) is 0 Å². The average Bonchev–Trinajstić information content (AvgIpc) is 2.88. The minimum atomic E-state index is 0.298. The average molecular weight is 217 g/mol. The number of H-pyrrole nitrogens is 1. The van der Waals surface area contributed by atoms with E-state index in [0.717, 1.165) is 29.0 Å². The number of hydrogen-bond acceptors (Lipinski definition) is 4. The van der Waals surface area contributed by atoms with Crippen molar-refractivity contribution in [3.8, 4) is 11.5 Å². The fraction of sp³-hybridized carbons (Fsp3) is 0.182. The molecule has 0 aliphatic carbocycles. The summed E-state index contributed by atoms with van der Waals surface area (Å²) in [5.41, 5.74) is 7.83. The van der Waals surface area contributed by atoms with Crippen LogP contribution in [0.2, 0.25) is 0 Å². The van der Waals surface area contributed by atoms with Gasteiger partial charge in [-0.05, 0) is 17.7 Å². The van der Waals surface area contributed by atoms with Gasteiger partial charge < -0.3 is 15.2 Å². The SMILES string of the molecule is Nc1[nH]ncc1Cc1ccc2c(c1)OCO2. The van der Waals surface area contributed by atoms with Crippen LogP contribution in [0.15, 0.2) is 24.4 Å². The molecular formula is C11H11N3O2. The molecule has 1 aromatic heterocycles. The molecular weight excluding hydrogens is 206 g/mol. The zero-order valence-electron chi connectivity index (χ0n) is 8.56. The second-order valence-electron chi connectivity index (χ2n) is 3.67. The maximum atomic E-state index is 5.73. The fourth-order valence-electron chi connectivity index (χ4n) is 1.73. The molecule has 16 heavy (non-hydrogen) atoms. The maximum absolute atomic E-state index is 5.73. The Labute approximate surface area is 92.2 Å². The van der Waals surface area contributed by atoms with E-state index in [9.17, 15) is 0 Å². The molecule has 0 amide bonds. The Morgan fingerprint density at radius 2 is 2.19 bits per heavy atom. The summed E-state index contributed by atoms with van der Waals surface area (Å²) in [6.45, 7) is 0.298. The monoisotopic (exact) mass is 217 g/mol. The second kappa shape index (κ2) is 3.44. The van der Waals surface area contributed by atoms with E-state index in [-0.39, 0.29) is 0 Å². The molecule has 2 aromatic rings. The van der Waals surface area contributed by atoms with E-state index in [1.54, 1.807) is 6.20 Å². The Kier molecular flexibility index (Phi) is 1.96. The Morgan fingerprint density at radius 3 is 3.00 bits per heavy atom. The first-order valence-corrected chi connectivity index (χ1v) is 4.99.